The summed E-state index contributed by atoms with van der Waals surface area (Å²) < 4.78 is 19.3. The molecular weight excluding hydrogens is 311 g/mol. The van der Waals surface area contributed by atoms with Crippen LogP contribution in [0.5, 0.6) is 0 Å². The van der Waals surface area contributed by atoms with E-state index in [1.807, 2.05) is 18.7 Å². The number of carbonyl (C=O) groups is 1. The summed E-state index contributed by atoms with van der Waals surface area (Å²) in [5.41, 5.74) is 0.434. The van der Waals surface area contributed by atoms with Crippen LogP contribution in [0.1, 0.15) is 31.2 Å². The van der Waals surface area contributed by atoms with Crippen LogP contribution in [0.4, 0.5) is 10.4 Å². The highest BCUT2D eigenvalue weighted by atomic mass is 19.1. The van der Waals surface area contributed by atoms with Gasteiger partial charge in [-0.25, -0.2) is 4.39 Å². The average Bonchev–Trinajstić information content (AvgIpc) is 3.07. The number of rotatable bonds is 4. The molecule has 0 radical (unpaired) electrons. The Hall–Kier alpha value is -2.44. The molecule has 1 aromatic heterocycles. The standard InChI is InChI=1S/C17H21FN4O2/c1-12(2)16-19-20-17(24-16)22-9-7-21(8-10-22)15(23)11-13-5-3-4-6-14(13)18/h3-6,12H,7-11H2,1-2H3. The SMILES string of the molecule is CC(C)c1nnc(N2CCN(C(=O)Cc3ccccc3F)CC2)o1. The van der Waals surface area contributed by atoms with Crippen LogP contribution >= 0.6 is 0 Å². The minimum absolute atomic E-state index is 0.0619. The highest BCUT2D eigenvalue weighted by Crippen LogP contribution is 2.19. The molecule has 2 aromatic rings. The van der Waals surface area contributed by atoms with Crippen molar-refractivity contribution in [1.82, 2.24) is 15.1 Å². The van der Waals surface area contributed by atoms with E-state index >= 15 is 0 Å². The number of anilines is 1. The second kappa shape index (κ2) is 6.98. The molecule has 24 heavy (non-hydrogen) atoms. The molecule has 1 fully saturated rings. The fourth-order valence-corrected chi connectivity index (χ4v) is 2.65. The maximum Gasteiger partial charge on any atom is 0.318 e. The van der Waals surface area contributed by atoms with Gasteiger partial charge in [0.2, 0.25) is 11.8 Å². The van der Waals surface area contributed by atoms with E-state index in [1.54, 1.807) is 23.1 Å². The molecule has 0 N–H and O–H groups in total. The molecule has 0 bridgehead atoms. The predicted molar refractivity (Wildman–Crippen MR) is 87.3 cm³/mol. The van der Waals surface area contributed by atoms with Crippen LogP contribution in [-0.4, -0.2) is 47.2 Å². The van der Waals surface area contributed by atoms with E-state index in [-0.39, 0.29) is 24.1 Å². The van der Waals surface area contributed by atoms with E-state index in [0.29, 0.717) is 43.6 Å². The summed E-state index contributed by atoms with van der Waals surface area (Å²) in [5.74, 6) is 0.405. The zero-order valence-corrected chi connectivity index (χ0v) is 13.9. The number of nitrogens with zero attached hydrogens (tertiary/aromatic N) is 4. The molecule has 1 aliphatic heterocycles. The zero-order valence-electron chi connectivity index (χ0n) is 13.9. The van der Waals surface area contributed by atoms with E-state index in [0.717, 1.165) is 0 Å². The highest BCUT2D eigenvalue weighted by molar-refractivity contribution is 5.79. The van der Waals surface area contributed by atoms with Gasteiger partial charge in [-0.1, -0.05) is 37.1 Å². The summed E-state index contributed by atoms with van der Waals surface area (Å²) >= 11 is 0. The molecule has 6 nitrogen and oxygen atoms in total. The van der Waals surface area contributed by atoms with Gasteiger partial charge in [-0.05, 0) is 11.6 Å². The average molecular weight is 332 g/mol. The van der Waals surface area contributed by atoms with Gasteiger partial charge in [-0.2, -0.15) is 0 Å². The largest absolute Gasteiger partial charge is 0.408 e. The third-order valence-electron chi connectivity index (χ3n) is 4.13. The predicted octanol–water partition coefficient (Wildman–Crippen LogP) is 2.22. The van der Waals surface area contributed by atoms with E-state index < -0.39 is 0 Å². The molecular formula is C17H21FN4O2. The van der Waals surface area contributed by atoms with Crippen LogP contribution in [0.2, 0.25) is 0 Å². The molecule has 0 atom stereocenters. The Morgan fingerprint density at radius 3 is 2.54 bits per heavy atom. The van der Waals surface area contributed by atoms with Gasteiger partial charge in [-0.3, -0.25) is 4.79 Å². The Labute approximate surface area is 140 Å². The van der Waals surface area contributed by atoms with Crippen LogP contribution in [0.15, 0.2) is 28.7 Å². The lowest BCUT2D eigenvalue weighted by Gasteiger charge is -2.33. The van der Waals surface area contributed by atoms with Crippen LogP contribution in [-0.2, 0) is 11.2 Å². The Kier molecular flexibility index (Phi) is 4.78. The van der Waals surface area contributed by atoms with E-state index in [4.69, 9.17) is 4.42 Å². The van der Waals surface area contributed by atoms with Crippen molar-refractivity contribution in [3.05, 3.63) is 41.5 Å². The minimum atomic E-state index is -0.337. The van der Waals surface area contributed by atoms with Crippen LogP contribution in [0.25, 0.3) is 0 Å². The molecule has 1 aromatic carbocycles. The lowest BCUT2D eigenvalue weighted by Crippen LogP contribution is -2.49. The molecule has 1 amide bonds. The molecule has 3 rings (SSSR count). The third kappa shape index (κ3) is 3.55. The molecule has 7 heteroatoms. The molecule has 0 saturated carbocycles. The van der Waals surface area contributed by atoms with Gasteiger partial charge in [0.25, 0.3) is 0 Å². The van der Waals surface area contributed by atoms with Crippen molar-refractivity contribution in [3.8, 4) is 0 Å². The monoisotopic (exact) mass is 332 g/mol. The minimum Gasteiger partial charge on any atom is -0.408 e. The first-order chi connectivity index (χ1) is 11.5. The van der Waals surface area contributed by atoms with Gasteiger partial charge in [0, 0.05) is 32.1 Å². The smallest absolute Gasteiger partial charge is 0.318 e. The number of benzene rings is 1. The maximum absolute atomic E-state index is 13.7. The third-order valence-corrected chi connectivity index (χ3v) is 4.13. The lowest BCUT2D eigenvalue weighted by atomic mass is 10.1. The Bertz CT molecular complexity index is 708. The fourth-order valence-electron chi connectivity index (χ4n) is 2.65. The molecule has 0 aliphatic carbocycles. The van der Waals surface area contributed by atoms with Crippen LogP contribution < -0.4 is 4.90 Å². The van der Waals surface area contributed by atoms with Gasteiger partial charge < -0.3 is 14.2 Å². The highest BCUT2D eigenvalue weighted by Gasteiger charge is 2.25. The Morgan fingerprint density at radius 2 is 1.92 bits per heavy atom. The second-order valence-electron chi connectivity index (χ2n) is 6.21. The molecule has 0 unspecified atom stereocenters. The summed E-state index contributed by atoms with van der Waals surface area (Å²) in [7, 11) is 0. The Balaban J connectivity index is 1.56. The van der Waals surface area contributed by atoms with E-state index in [9.17, 15) is 9.18 Å². The van der Waals surface area contributed by atoms with Crippen molar-refractivity contribution >= 4 is 11.9 Å². The number of halogens is 1. The molecule has 128 valence electrons. The fraction of sp³-hybridized carbons (Fsp3) is 0.471. The number of carbonyl (C=O) groups excluding carboxylic acids is 1. The first-order valence-electron chi connectivity index (χ1n) is 8.14. The van der Waals surface area contributed by atoms with Crippen molar-refractivity contribution in [3.63, 3.8) is 0 Å². The van der Waals surface area contributed by atoms with Gasteiger partial charge >= 0.3 is 6.01 Å². The summed E-state index contributed by atoms with van der Waals surface area (Å²) in [6.07, 6.45) is 0.0880. The van der Waals surface area contributed by atoms with Crippen molar-refractivity contribution in [2.45, 2.75) is 26.2 Å². The van der Waals surface area contributed by atoms with E-state index in [2.05, 4.69) is 10.2 Å². The topological polar surface area (TPSA) is 62.5 Å². The lowest BCUT2D eigenvalue weighted by molar-refractivity contribution is -0.130. The van der Waals surface area contributed by atoms with Crippen molar-refractivity contribution in [2.24, 2.45) is 0 Å². The van der Waals surface area contributed by atoms with Gasteiger partial charge in [0.15, 0.2) is 0 Å². The summed E-state index contributed by atoms with van der Waals surface area (Å²) in [4.78, 5) is 16.1. The second-order valence-corrected chi connectivity index (χ2v) is 6.21. The van der Waals surface area contributed by atoms with E-state index in [1.165, 1.54) is 6.07 Å². The number of amides is 1. The normalized spacial score (nSPS) is 15.2. The van der Waals surface area contributed by atoms with Gasteiger partial charge in [-0.15, -0.1) is 5.10 Å². The first-order valence-corrected chi connectivity index (χ1v) is 8.14. The van der Waals surface area contributed by atoms with Crippen molar-refractivity contribution in [2.75, 3.05) is 31.1 Å². The maximum atomic E-state index is 13.7. The Morgan fingerprint density at radius 1 is 1.21 bits per heavy atom. The summed E-state index contributed by atoms with van der Waals surface area (Å²) in [5, 5.41) is 8.10. The van der Waals surface area contributed by atoms with Crippen molar-refractivity contribution in [1.29, 1.82) is 0 Å². The number of hydrogen-bond acceptors (Lipinski definition) is 5. The number of piperazine rings is 1. The zero-order chi connectivity index (χ0) is 17.1. The molecule has 0 spiro atoms. The quantitative estimate of drug-likeness (QED) is 0.859. The van der Waals surface area contributed by atoms with Crippen molar-refractivity contribution < 1.29 is 13.6 Å². The van der Waals surface area contributed by atoms with Gasteiger partial charge in [0.05, 0.1) is 6.42 Å². The van der Waals surface area contributed by atoms with Gasteiger partial charge in [0.1, 0.15) is 5.82 Å². The summed E-state index contributed by atoms with van der Waals surface area (Å²) in [6.45, 7) is 6.37. The molecule has 2 heterocycles. The van der Waals surface area contributed by atoms with Crippen LogP contribution in [0, 0.1) is 5.82 Å². The number of hydrogen-bond donors (Lipinski definition) is 0. The number of aromatic nitrogens is 2. The molecule has 1 saturated heterocycles. The summed E-state index contributed by atoms with van der Waals surface area (Å²) in [6, 6.07) is 6.89. The first kappa shape index (κ1) is 16.4. The molecule has 1 aliphatic rings. The van der Waals surface area contributed by atoms with Crippen LogP contribution in [0.3, 0.4) is 0 Å².